The van der Waals surface area contributed by atoms with E-state index in [2.05, 4.69) is 41.5 Å². The molecule has 1 fully saturated rings. The van der Waals surface area contributed by atoms with Gasteiger partial charge in [-0.05, 0) is 38.5 Å². The first-order valence-electron chi connectivity index (χ1n) is 15.3. The van der Waals surface area contributed by atoms with Crippen molar-refractivity contribution in [2.45, 2.75) is 136 Å². The number of hydrogen-bond acceptors (Lipinski definition) is 6. The lowest BCUT2D eigenvalue weighted by Crippen LogP contribution is -2.69. The molecule has 0 aromatic rings. The minimum absolute atomic E-state index is 0.748. The standard InChI is InChI=1S/C27H60O6Si3/c1-7-13-19-28-34(29-20-14-8-2)25-35(30-21-15-9-3,31-22-16-10-4)27-36(26-34,32-23-17-11-5)33-24-18-12-6/h7-27H2,1-6H3. The number of rotatable bonds is 24. The van der Waals surface area contributed by atoms with Crippen molar-refractivity contribution in [2.24, 2.45) is 0 Å². The van der Waals surface area contributed by atoms with Gasteiger partial charge in [0, 0.05) is 56.6 Å². The molecule has 6 nitrogen and oxygen atoms in total. The highest BCUT2D eigenvalue weighted by molar-refractivity contribution is 7.03. The van der Waals surface area contributed by atoms with Gasteiger partial charge in [0.15, 0.2) is 0 Å². The molecule has 0 radical (unpaired) electrons. The van der Waals surface area contributed by atoms with Crippen molar-refractivity contribution in [1.82, 2.24) is 0 Å². The van der Waals surface area contributed by atoms with E-state index < -0.39 is 25.7 Å². The van der Waals surface area contributed by atoms with Crippen molar-refractivity contribution in [1.29, 1.82) is 0 Å². The Morgan fingerprint density at radius 1 is 0.333 bits per heavy atom. The van der Waals surface area contributed by atoms with Crippen LogP contribution in [0.1, 0.15) is 119 Å². The van der Waals surface area contributed by atoms with E-state index in [9.17, 15) is 0 Å². The van der Waals surface area contributed by atoms with Gasteiger partial charge in [-0.15, -0.1) is 0 Å². The van der Waals surface area contributed by atoms with Crippen molar-refractivity contribution in [3.8, 4) is 0 Å². The summed E-state index contributed by atoms with van der Waals surface area (Å²) in [6, 6.07) is 0. The summed E-state index contributed by atoms with van der Waals surface area (Å²) < 4.78 is 41.2. The molecule has 9 heteroatoms. The Kier molecular flexibility index (Phi) is 19.5. The van der Waals surface area contributed by atoms with E-state index >= 15 is 0 Å². The van der Waals surface area contributed by atoms with Gasteiger partial charge < -0.3 is 26.6 Å². The highest BCUT2D eigenvalue weighted by atomic mass is 28.5. The summed E-state index contributed by atoms with van der Waals surface area (Å²) in [5.74, 6) is 0. The maximum atomic E-state index is 6.86. The van der Waals surface area contributed by atoms with Gasteiger partial charge >= 0.3 is 25.7 Å². The average Bonchev–Trinajstić information content (AvgIpc) is 2.85. The molecule has 0 unspecified atom stereocenters. The summed E-state index contributed by atoms with van der Waals surface area (Å²) >= 11 is 0. The van der Waals surface area contributed by atoms with Gasteiger partial charge in [-0.3, -0.25) is 0 Å². The van der Waals surface area contributed by atoms with Gasteiger partial charge in [0.1, 0.15) is 0 Å². The molecule has 1 rings (SSSR count). The van der Waals surface area contributed by atoms with Crippen molar-refractivity contribution >= 4 is 25.7 Å². The van der Waals surface area contributed by atoms with Gasteiger partial charge in [-0.1, -0.05) is 80.1 Å². The molecular weight excluding hydrogens is 505 g/mol. The van der Waals surface area contributed by atoms with E-state index in [0.717, 1.165) is 134 Å². The largest absolute Gasteiger partial charge is 0.394 e. The van der Waals surface area contributed by atoms with Crippen molar-refractivity contribution in [3.05, 3.63) is 0 Å². The van der Waals surface area contributed by atoms with E-state index in [-0.39, 0.29) is 0 Å². The molecule has 0 bridgehead atoms. The van der Waals surface area contributed by atoms with E-state index in [1.807, 2.05) is 0 Å². The van der Waals surface area contributed by atoms with Crippen LogP contribution in [-0.2, 0) is 26.6 Å². The zero-order chi connectivity index (χ0) is 26.6. The van der Waals surface area contributed by atoms with Gasteiger partial charge in [0.2, 0.25) is 0 Å². The molecule has 0 atom stereocenters. The third-order valence-corrected chi connectivity index (χ3v) is 24.1. The first-order valence-corrected chi connectivity index (χ1v) is 22.0. The van der Waals surface area contributed by atoms with Gasteiger partial charge in [0.25, 0.3) is 0 Å². The molecule has 0 amide bonds. The van der Waals surface area contributed by atoms with E-state index in [1.165, 1.54) is 0 Å². The van der Waals surface area contributed by atoms with Crippen molar-refractivity contribution in [3.63, 3.8) is 0 Å². The minimum atomic E-state index is -2.65. The van der Waals surface area contributed by atoms with Crippen LogP contribution in [0.5, 0.6) is 0 Å². The molecule has 1 heterocycles. The van der Waals surface area contributed by atoms with Crippen LogP contribution in [0.3, 0.4) is 0 Å². The molecule has 0 spiro atoms. The second kappa shape index (κ2) is 20.3. The Bertz CT molecular complexity index is 412. The van der Waals surface area contributed by atoms with Crippen LogP contribution in [0.2, 0.25) is 17.0 Å². The van der Waals surface area contributed by atoms with Crippen LogP contribution >= 0.6 is 0 Å². The van der Waals surface area contributed by atoms with Crippen LogP contribution in [0.25, 0.3) is 0 Å². The molecule has 0 N–H and O–H groups in total. The molecule has 0 saturated carbocycles. The maximum Gasteiger partial charge on any atom is 0.342 e. The van der Waals surface area contributed by atoms with Crippen LogP contribution in [0, 0.1) is 0 Å². The summed E-state index contributed by atoms with van der Waals surface area (Å²) in [7, 11) is -7.94. The summed E-state index contributed by atoms with van der Waals surface area (Å²) in [6.07, 6.45) is 13.0. The SMILES string of the molecule is CCCCO[Si]1(OCCCC)C[Si](OCCCC)(OCCCC)C[Si](OCCCC)(OCCCC)C1. The molecule has 0 aromatic heterocycles. The predicted molar refractivity (Wildman–Crippen MR) is 157 cm³/mol. The first-order chi connectivity index (χ1) is 17.5. The lowest BCUT2D eigenvalue weighted by atomic mass is 10.4. The zero-order valence-corrected chi connectivity index (χ0v) is 27.8. The number of unbranched alkanes of at least 4 members (excludes halogenated alkanes) is 6. The molecule has 1 aliphatic heterocycles. The normalized spacial score (nSPS) is 18.5. The highest BCUT2D eigenvalue weighted by Crippen LogP contribution is 2.44. The van der Waals surface area contributed by atoms with E-state index in [0.29, 0.717) is 0 Å². The molecule has 0 aromatic carbocycles. The summed E-state index contributed by atoms with van der Waals surface area (Å²) in [5.41, 5.74) is 2.55. The number of hydrogen-bond donors (Lipinski definition) is 0. The Balaban J connectivity index is 3.44. The fraction of sp³-hybridized carbons (Fsp3) is 1.00. The minimum Gasteiger partial charge on any atom is -0.394 e. The first kappa shape index (κ1) is 34.4. The van der Waals surface area contributed by atoms with Crippen LogP contribution in [0.15, 0.2) is 0 Å². The Morgan fingerprint density at radius 2 is 0.500 bits per heavy atom. The molecule has 36 heavy (non-hydrogen) atoms. The van der Waals surface area contributed by atoms with Gasteiger partial charge in [-0.25, -0.2) is 0 Å². The lowest BCUT2D eigenvalue weighted by Gasteiger charge is -2.49. The maximum absolute atomic E-state index is 6.86. The van der Waals surface area contributed by atoms with Crippen molar-refractivity contribution in [2.75, 3.05) is 39.6 Å². The van der Waals surface area contributed by atoms with Crippen LogP contribution < -0.4 is 0 Å². The molecule has 216 valence electrons. The molecule has 0 aliphatic carbocycles. The highest BCUT2D eigenvalue weighted by Gasteiger charge is 2.66. The second-order valence-electron chi connectivity index (χ2n) is 10.5. The quantitative estimate of drug-likeness (QED) is 0.0879. The van der Waals surface area contributed by atoms with E-state index in [4.69, 9.17) is 26.6 Å². The fourth-order valence-corrected chi connectivity index (χ4v) is 27.5. The zero-order valence-electron chi connectivity index (χ0n) is 24.8. The predicted octanol–water partition coefficient (Wildman–Crippen LogP) is 7.84. The third-order valence-electron chi connectivity index (χ3n) is 6.79. The lowest BCUT2D eigenvalue weighted by molar-refractivity contribution is 0.121. The van der Waals surface area contributed by atoms with Crippen LogP contribution in [-0.4, -0.2) is 65.3 Å². The summed E-state index contributed by atoms with van der Waals surface area (Å²) in [5, 5.41) is 0. The molecule has 1 saturated heterocycles. The Morgan fingerprint density at radius 3 is 0.639 bits per heavy atom. The summed E-state index contributed by atoms with van der Waals surface area (Å²) in [4.78, 5) is 0. The smallest absolute Gasteiger partial charge is 0.342 e. The monoisotopic (exact) mass is 564 g/mol. The molecule has 1 aliphatic rings. The van der Waals surface area contributed by atoms with Crippen LogP contribution in [0.4, 0.5) is 0 Å². The second-order valence-corrected chi connectivity index (χ2v) is 21.9. The topological polar surface area (TPSA) is 55.4 Å². The fourth-order valence-electron chi connectivity index (χ4n) is 4.57. The summed E-state index contributed by atoms with van der Waals surface area (Å²) in [6.45, 7) is 17.8. The molecular formula is C27H60O6Si3. The average molecular weight is 565 g/mol. The van der Waals surface area contributed by atoms with Crippen molar-refractivity contribution < 1.29 is 26.6 Å². The third kappa shape index (κ3) is 13.0. The van der Waals surface area contributed by atoms with Gasteiger partial charge in [-0.2, -0.15) is 0 Å². The van der Waals surface area contributed by atoms with E-state index in [1.54, 1.807) is 0 Å². The van der Waals surface area contributed by atoms with Gasteiger partial charge in [0.05, 0.1) is 0 Å². The Hall–Kier alpha value is 0.411. The Labute approximate surface area is 227 Å².